The average molecular weight is 279 g/mol. The fraction of sp³-hybridized carbons (Fsp3) is 0.467. The third-order valence-electron chi connectivity index (χ3n) is 2.45. The summed E-state index contributed by atoms with van der Waals surface area (Å²) in [5, 5.41) is 11.3. The van der Waals surface area contributed by atoms with Crippen LogP contribution in [0.1, 0.15) is 26.3 Å². The van der Waals surface area contributed by atoms with Gasteiger partial charge in [-0.05, 0) is 26.3 Å². The Balaban J connectivity index is 2.79. The first-order valence-electron chi connectivity index (χ1n) is 6.49. The van der Waals surface area contributed by atoms with E-state index in [-0.39, 0.29) is 0 Å². The molecule has 0 saturated heterocycles. The van der Waals surface area contributed by atoms with Gasteiger partial charge in [-0.3, -0.25) is 4.79 Å². The van der Waals surface area contributed by atoms with E-state index in [2.05, 4.69) is 5.32 Å². The number of hydrogen-bond donors (Lipinski definition) is 2. The molecule has 0 saturated carbocycles. The van der Waals surface area contributed by atoms with E-state index in [9.17, 15) is 9.59 Å². The van der Waals surface area contributed by atoms with Gasteiger partial charge in [0.2, 0.25) is 5.91 Å². The molecule has 5 heteroatoms. The van der Waals surface area contributed by atoms with E-state index in [4.69, 9.17) is 9.84 Å². The molecule has 1 atom stereocenters. The number of nitrogens with one attached hydrogen (secondary N) is 1. The summed E-state index contributed by atoms with van der Waals surface area (Å²) in [4.78, 5) is 23.4. The van der Waals surface area contributed by atoms with Crippen molar-refractivity contribution in [2.75, 3.05) is 6.61 Å². The minimum atomic E-state index is -0.809. The molecule has 20 heavy (non-hydrogen) atoms. The van der Waals surface area contributed by atoms with Crippen molar-refractivity contribution in [2.45, 2.75) is 38.8 Å². The van der Waals surface area contributed by atoms with Gasteiger partial charge in [-0.2, -0.15) is 0 Å². The van der Waals surface area contributed by atoms with Crippen LogP contribution in [0, 0.1) is 0 Å². The number of carbonyl (C=O) groups excluding carboxylic acids is 2. The van der Waals surface area contributed by atoms with E-state index >= 15 is 0 Å². The second-order valence-corrected chi connectivity index (χ2v) is 5.50. The minimum Gasteiger partial charge on any atom is -0.458 e. The van der Waals surface area contributed by atoms with E-state index in [1.807, 2.05) is 30.3 Å². The summed E-state index contributed by atoms with van der Waals surface area (Å²) in [7, 11) is 0. The highest BCUT2D eigenvalue weighted by atomic mass is 16.6. The monoisotopic (exact) mass is 279 g/mol. The lowest BCUT2D eigenvalue weighted by Gasteiger charge is -2.24. The number of amides is 1. The molecule has 2 N–H and O–H groups in total. The van der Waals surface area contributed by atoms with Crippen LogP contribution in [0.5, 0.6) is 0 Å². The molecule has 0 bridgehead atoms. The molecule has 1 aromatic carbocycles. The maximum Gasteiger partial charge on any atom is 0.329 e. The summed E-state index contributed by atoms with van der Waals surface area (Å²) in [6, 6.07) is 8.50. The van der Waals surface area contributed by atoms with Crippen molar-refractivity contribution in [3.63, 3.8) is 0 Å². The molecule has 0 spiro atoms. The van der Waals surface area contributed by atoms with Crippen molar-refractivity contribution < 1.29 is 19.4 Å². The van der Waals surface area contributed by atoms with Crippen molar-refractivity contribution in [1.29, 1.82) is 0 Å². The second kappa shape index (κ2) is 7.05. The second-order valence-electron chi connectivity index (χ2n) is 5.50. The van der Waals surface area contributed by atoms with Gasteiger partial charge < -0.3 is 15.2 Å². The van der Waals surface area contributed by atoms with Crippen molar-refractivity contribution in [1.82, 2.24) is 5.32 Å². The number of benzene rings is 1. The lowest BCUT2D eigenvalue weighted by Crippen LogP contribution is -2.46. The summed E-state index contributed by atoms with van der Waals surface area (Å²) in [6.07, 6.45) is 0.321. The van der Waals surface area contributed by atoms with Crippen LogP contribution in [-0.2, 0) is 20.7 Å². The Hall–Kier alpha value is -1.88. The lowest BCUT2D eigenvalue weighted by atomic mass is 10.1. The smallest absolute Gasteiger partial charge is 0.329 e. The van der Waals surface area contributed by atoms with Gasteiger partial charge in [-0.1, -0.05) is 30.3 Å². The molecule has 0 aliphatic rings. The van der Waals surface area contributed by atoms with E-state index in [1.54, 1.807) is 20.8 Å². The highest BCUT2D eigenvalue weighted by Crippen LogP contribution is 2.11. The SMILES string of the molecule is CC(C)(C)OC(=O)C(Cc1ccccc1)NC(=O)CO. The molecule has 5 nitrogen and oxygen atoms in total. The zero-order valence-corrected chi connectivity index (χ0v) is 12.1. The summed E-state index contributed by atoms with van der Waals surface area (Å²) in [6.45, 7) is 4.63. The summed E-state index contributed by atoms with van der Waals surface area (Å²) < 4.78 is 5.28. The number of carbonyl (C=O) groups is 2. The molecule has 1 rings (SSSR count). The van der Waals surface area contributed by atoms with Crippen LogP contribution in [0.25, 0.3) is 0 Å². The highest BCUT2D eigenvalue weighted by Gasteiger charge is 2.26. The molecule has 1 aromatic rings. The summed E-state index contributed by atoms with van der Waals surface area (Å²) in [5.74, 6) is -1.11. The Morgan fingerprint density at radius 1 is 1.25 bits per heavy atom. The van der Waals surface area contributed by atoms with Gasteiger partial charge >= 0.3 is 5.97 Å². The first-order valence-corrected chi connectivity index (χ1v) is 6.49. The summed E-state index contributed by atoms with van der Waals surface area (Å²) >= 11 is 0. The van der Waals surface area contributed by atoms with Crippen LogP contribution in [0.15, 0.2) is 30.3 Å². The molecule has 110 valence electrons. The van der Waals surface area contributed by atoms with E-state index < -0.39 is 30.1 Å². The third kappa shape index (κ3) is 5.84. The Bertz CT molecular complexity index is 451. The predicted molar refractivity (Wildman–Crippen MR) is 75.0 cm³/mol. The molecule has 0 aliphatic heterocycles. The molecule has 0 fully saturated rings. The predicted octanol–water partition coefficient (Wildman–Crippen LogP) is 1.05. The number of ether oxygens (including phenoxy) is 1. The zero-order chi connectivity index (χ0) is 15.2. The Morgan fingerprint density at radius 2 is 1.85 bits per heavy atom. The van der Waals surface area contributed by atoms with Crippen molar-refractivity contribution in [3.8, 4) is 0 Å². The zero-order valence-electron chi connectivity index (χ0n) is 12.1. The van der Waals surface area contributed by atoms with Crippen molar-refractivity contribution in [2.24, 2.45) is 0 Å². The van der Waals surface area contributed by atoms with Crippen LogP contribution in [0.3, 0.4) is 0 Å². The topological polar surface area (TPSA) is 75.6 Å². The van der Waals surface area contributed by atoms with Gasteiger partial charge in [0.15, 0.2) is 0 Å². The first-order chi connectivity index (χ1) is 9.31. The molecular weight excluding hydrogens is 258 g/mol. The Labute approximate surface area is 118 Å². The molecule has 0 radical (unpaired) electrons. The van der Waals surface area contributed by atoms with Crippen LogP contribution in [-0.4, -0.2) is 35.2 Å². The lowest BCUT2D eigenvalue weighted by molar-refractivity contribution is -0.158. The maximum atomic E-state index is 12.1. The Morgan fingerprint density at radius 3 is 2.35 bits per heavy atom. The number of rotatable bonds is 5. The van der Waals surface area contributed by atoms with Gasteiger partial charge in [0.1, 0.15) is 18.2 Å². The first kappa shape index (κ1) is 16.2. The van der Waals surface area contributed by atoms with Gasteiger partial charge in [0.25, 0.3) is 0 Å². The van der Waals surface area contributed by atoms with Crippen molar-refractivity contribution >= 4 is 11.9 Å². The molecule has 0 heterocycles. The fourth-order valence-electron chi connectivity index (χ4n) is 1.66. The minimum absolute atomic E-state index is 0.321. The van der Waals surface area contributed by atoms with Crippen LogP contribution < -0.4 is 5.32 Å². The number of hydrogen-bond acceptors (Lipinski definition) is 4. The van der Waals surface area contributed by atoms with Crippen LogP contribution in [0.4, 0.5) is 0 Å². The molecule has 0 aliphatic carbocycles. The van der Waals surface area contributed by atoms with Gasteiger partial charge in [0.05, 0.1) is 0 Å². The quantitative estimate of drug-likeness (QED) is 0.790. The van der Waals surface area contributed by atoms with Crippen LogP contribution in [0.2, 0.25) is 0 Å². The highest BCUT2D eigenvalue weighted by molar-refractivity contribution is 5.85. The standard InChI is InChI=1S/C15H21NO4/c1-15(2,3)20-14(19)12(16-13(18)10-17)9-11-7-5-4-6-8-11/h4-8,12,17H,9-10H2,1-3H3,(H,16,18). The van der Waals surface area contributed by atoms with E-state index in [0.717, 1.165) is 5.56 Å². The van der Waals surface area contributed by atoms with Crippen molar-refractivity contribution in [3.05, 3.63) is 35.9 Å². The number of aliphatic hydroxyl groups excluding tert-OH is 1. The largest absolute Gasteiger partial charge is 0.458 e. The average Bonchev–Trinajstić information content (AvgIpc) is 2.37. The van der Waals surface area contributed by atoms with E-state index in [0.29, 0.717) is 6.42 Å². The fourth-order valence-corrected chi connectivity index (χ4v) is 1.66. The van der Waals surface area contributed by atoms with Crippen LogP contribution >= 0.6 is 0 Å². The molecular formula is C15H21NO4. The molecule has 0 aromatic heterocycles. The maximum absolute atomic E-state index is 12.1. The summed E-state index contributed by atoms with van der Waals surface area (Å²) in [5.41, 5.74) is 0.275. The Kier molecular flexibility index (Phi) is 5.70. The molecule has 1 amide bonds. The normalized spacial score (nSPS) is 12.6. The number of aliphatic hydroxyl groups is 1. The van der Waals surface area contributed by atoms with Gasteiger partial charge in [-0.15, -0.1) is 0 Å². The van der Waals surface area contributed by atoms with E-state index in [1.165, 1.54) is 0 Å². The number of esters is 1. The van der Waals surface area contributed by atoms with Gasteiger partial charge in [-0.25, -0.2) is 4.79 Å². The molecule has 1 unspecified atom stereocenters. The van der Waals surface area contributed by atoms with Gasteiger partial charge in [0, 0.05) is 6.42 Å². The third-order valence-corrected chi connectivity index (χ3v) is 2.45.